The van der Waals surface area contributed by atoms with Gasteiger partial charge in [0.15, 0.2) is 0 Å². The van der Waals surface area contributed by atoms with E-state index in [1.165, 1.54) is 30.6 Å². The Hall–Kier alpha value is -3.50. The molecule has 3 heterocycles. The van der Waals surface area contributed by atoms with E-state index in [0.717, 1.165) is 5.56 Å². The van der Waals surface area contributed by atoms with Crippen LogP contribution in [-0.2, 0) is 13.1 Å². The molecule has 1 aliphatic heterocycles. The number of aliphatic hydroxyl groups excluding tert-OH is 1. The van der Waals surface area contributed by atoms with Crippen LogP contribution in [0.4, 0.5) is 8.78 Å². The minimum absolute atomic E-state index is 0.00707. The SMILES string of the molecule is O=c1[nH]nc2c3c(cc(F)cc13)CNC(c1ccc(F)cc1)C2c1ncnn1CCCO. The number of hydrogen-bond acceptors (Lipinski definition) is 6. The first-order chi connectivity index (χ1) is 15.6. The molecule has 1 aliphatic rings. The second kappa shape index (κ2) is 8.21. The summed E-state index contributed by atoms with van der Waals surface area (Å²) < 4.78 is 29.6. The summed E-state index contributed by atoms with van der Waals surface area (Å²) in [7, 11) is 0. The maximum absolute atomic E-state index is 14.3. The molecule has 2 aromatic carbocycles. The van der Waals surface area contributed by atoms with Gasteiger partial charge in [0.1, 0.15) is 23.8 Å². The second-order valence-electron chi connectivity index (χ2n) is 7.73. The molecule has 2 aromatic heterocycles. The van der Waals surface area contributed by atoms with Gasteiger partial charge >= 0.3 is 0 Å². The van der Waals surface area contributed by atoms with Gasteiger partial charge in [0.05, 0.1) is 17.0 Å². The summed E-state index contributed by atoms with van der Waals surface area (Å²) in [4.78, 5) is 16.9. The predicted molar refractivity (Wildman–Crippen MR) is 112 cm³/mol. The van der Waals surface area contributed by atoms with E-state index in [1.54, 1.807) is 16.8 Å². The Kier molecular flexibility index (Phi) is 5.24. The molecule has 8 nitrogen and oxygen atoms in total. The lowest BCUT2D eigenvalue weighted by molar-refractivity contribution is 0.275. The van der Waals surface area contributed by atoms with Crippen LogP contribution in [0.1, 0.15) is 41.0 Å². The van der Waals surface area contributed by atoms with Crippen molar-refractivity contribution < 1.29 is 13.9 Å². The standard InChI is InChI=1S/C22H20F2N6O2/c23-14-4-2-12(3-5-14)19-18(21-26-11-27-30(21)6-1-7-31)20-17-13(10-25-19)8-15(24)9-16(17)22(32)29-28-20/h2-5,8-9,11,18-19,25,31H,1,6-7,10H2,(H,29,32). The van der Waals surface area contributed by atoms with Crippen molar-refractivity contribution in [2.75, 3.05) is 6.61 Å². The Morgan fingerprint density at radius 1 is 1.16 bits per heavy atom. The summed E-state index contributed by atoms with van der Waals surface area (Å²) in [5, 5.41) is 24.6. The van der Waals surface area contributed by atoms with Gasteiger partial charge in [-0.3, -0.25) is 4.79 Å². The van der Waals surface area contributed by atoms with Gasteiger partial charge in [0, 0.05) is 31.1 Å². The van der Waals surface area contributed by atoms with E-state index in [9.17, 15) is 18.7 Å². The van der Waals surface area contributed by atoms with Gasteiger partial charge in [-0.25, -0.2) is 23.5 Å². The number of rotatable bonds is 5. The summed E-state index contributed by atoms with van der Waals surface area (Å²) in [6.07, 6.45) is 1.90. The first kappa shape index (κ1) is 20.4. The molecular weight excluding hydrogens is 418 g/mol. The Morgan fingerprint density at radius 3 is 2.75 bits per heavy atom. The Bertz CT molecular complexity index is 1330. The van der Waals surface area contributed by atoms with Crippen molar-refractivity contribution in [1.29, 1.82) is 0 Å². The average Bonchev–Trinajstić information content (AvgIpc) is 3.18. The number of aromatic nitrogens is 5. The van der Waals surface area contributed by atoms with Crippen LogP contribution >= 0.6 is 0 Å². The van der Waals surface area contributed by atoms with Gasteiger partial charge < -0.3 is 10.4 Å². The molecule has 164 valence electrons. The Balaban J connectivity index is 1.77. The fourth-order valence-electron chi connectivity index (χ4n) is 4.39. The number of benzene rings is 2. The highest BCUT2D eigenvalue weighted by Crippen LogP contribution is 2.41. The number of H-pyrrole nitrogens is 1. The van der Waals surface area contributed by atoms with E-state index >= 15 is 0 Å². The molecule has 0 radical (unpaired) electrons. The number of aromatic amines is 1. The lowest BCUT2D eigenvalue weighted by Gasteiger charge is -2.26. The minimum Gasteiger partial charge on any atom is -0.396 e. The topological polar surface area (TPSA) is 109 Å². The van der Waals surface area contributed by atoms with Crippen molar-refractivity contribution in [3.8, 4) is 0 Å². The second-order valence-corrected chi connectivity index (χ2v) is 7.73. The lowest BCUT2D eigenvalue weighted by atomic mass is 9.88. The van der Waals surface area contributed by atoms with Gasteiger partial charge in [-0.15, -0.1) is 0 Å². The lowest BCUT2D eigenvalue weighted by Crippen LogP contribution is -2.29. The summed E-state index contributed by atoms with van der Waals surface area (Å²) >= 11 is 0. The Labute approximate surface area is 180 Å². The van der Waals surface area contributed by atoms with E-state index < -0.39 is 23.3 Å². The Morgan fingerprint density at radius 2 is 1.97 bits per heavy atom. The van der Waals surface area contributed by atoms with Crippen molar-refractivity contribution in [2.24, 2.45) is 0 Å². The molecule has 0 bridgehead atoms. The normalized spacial score (nSPS) is 18.1. The molecule has 4 aromatic rings. The summed E-state index contributed by atoms with van der Waals surface area (Å²) in [6.45, 7) is 0.698. The highest BCUT2D eigenvalue weighted by atomic mass is 19.1. The molecule has 0 aliphatic carbocycles. The van der Waals surface area contributed by atoms with Crippen LogP contribution in [-0.4, -0.2) is 36.7 Å². The molecular formula is C22H20F2N6O2. The quantitative estimate of drug-likeness (QED) is 0.441. The van der Waals surface area contributed by atoms with Gasteiger partial charge in [-0.05, 0) is 41.8 Å². The zero-order valence-corrected chi connectivity index (χ0v) is 16.9. The maximum Gasteiger partial charge on any atom is 0.272 e. The molecule has 0 saturated heterocycles. The predicted octanol–water partition coefficient (Wildman–Crippen LogP) is 2.15. The third-order valence-corrected chi connectivity index (χ3v) is 5.78. The largest absolute Gasteiger partial charge is 0.396 e. The molecule has 3 N–H and O–H groups in total. The average molecular weight is 438 g/mol. The number of aryl methyl sites for hydroxylation is 1. The van der Waals surface area contributed by atoms with Crippen molar-refractivity contribution in [3.63, 3.8) is 0 Å². The van der Waals surface area contributed by atoms with Crippen LogP contribution in [0.25, 0.3) is 10.8 Å². The molecule has 32 heavy (non-hydrogen) atoms. The van der Waals surface area contributed by atoms with Gasteiger partial charge in [0.25, 0.3) is 5.56 Å². The third-order valence-electron chi connectivity index (χ3n) is 5.78. The first-order valence-corrected chi connectivity index (χ1v) is 10.2. The molecule has 10 heteroatoms. The van der Waals surface area contributed by atoms with E-state index in [0.29, 0.717) is 35.4 Å². The fraction of sp³-hybridized carbons (Fsp3) is 0.273. The smallest absolute Gasteiger partial charge is 0.272 e. The summed E-state index contributed by atoms with van der Waals surface area (Å²) in [6, 6.07) is 8.28. The minimum atomic E-state index is -0.521. The van der Waals surface area contributed by atoms with Crippen LogP contribution in [0.2, 0.25) is 0 Å². The van der Waals surface area contributed by atoms with Crippen molar-refractivity contribution >= 4 is 10.8 Å². The van der Waals surface area contributed by atoms with Gasteiger partial charge in [-0.1, -0.05) is 12.1 Å². The third kappa shape index (κ3) is 3.47. The molecule has 2 atom stereocenters. The number of nitrogens with one attached hydrogen (secondary N) is 2. The molecule has 0 amide bonds. The highest BCUT2D eigenvalue weighted by molar-refractivity contribution is 5.88. The van der Waals surface area contributed by atoms with Gasteiger partial charge in [0.2, 0.25) is 0 Å². The van der Waals surface area contributed by atoms with E-state index in [1.807, 2.05) is 0 Å². The molecule has 0 spiro atoms. The molecule has 0 saturated carbocycles. The number of halogens is 2. The van der Waals surface area contributed by atoms with E-state index in [4.69, 9.17) is 0 Å². The fourth-order valence-corrected chi connectivity index (χ4v) is 4.39. The monoisotopic (exact) mass is 438 g/mol. The number of aliphatic hydroxyl groups is 1. The van der Waals surface area contributed by atoms with E-state index in [-0.39, 0.29) is 24.4 Å². The van der Waals surface area contributed by atoms with Crippen LogP contribution in [0, 0.1) is 11.6 Å². The van der Waals surface area contributed by atoms with Crippen molar-refractivity contribution in [3.05, 3.63) is 87.4 Å². The zero-order chi connectivity index (χ0) is 22.2. The van der Waals surface area contributed by atoms with E-state index in [2.05, 4.69) is 25.6 Å². The van der Waals surface area contributed by atoms with Crippen molar-refractivity contribution in [1.82, 2.24) is 30.3 Å². The van der Waals surface area contributed by atoms with Gasteiger partial charge in [-0.2, -0.15) is 10.2 Å². The molecule has 2 unspecified atom stereocenters. The van der Waals surface area contributed by atoms with Crippen LogP contribution in [0.3, 0.4) is 0 Å². The zero-order valence-electron chi connectivity index (χ0n) is 16.9. The number of hydrogen-bond donors (Lipinski definition) is 3. The van der Waals surface area contributed by atoms with Crippen molar-refractivity contribution in [2.45, 2.75) is 31.5 Å². The summed E-state index contributed by atoms with van der Waals surface area (Å²) in [5.74, 6) is -0.828. The molecule has 5 rings (SSSR count). The summed E-state index contributed by atoms with van der Waals surface area (Å²) in [5.41, 5.74) is 1.42. The van der Waals surface area contributed by atoms with Crippen LogP contribution in [0.5, 0.6) is 0 Å². The number of nitrogens with zero attached hydrogens (tertiary/aromatic N) is 4. The maximum atomic E-state index is 14.3. The molecule has 0 fully saturated rings. The van der Waals surface area contributed by atoms with Crippen LogP contribution in [0.15, 0.2) is 47.5 Å². The first-order valence-electron chi connectivity index (χ1n) is 10.2. The highest BCUT2D eigenvalue weighted by Gasteiger charge is 2.36. The van der Waals surface area contributed by atoms with Crippen LogP contribution < -0.4 is 10.9 Å².